The van der Waals surface area contributed by atoms with E-state index in [1.807, 2.05) is 0 Å². The van der Waals surface area contributed by atoms with Gasteiger partial charge < -0.3 is 9.47 Å². The Morgan fingerprint density at radius 3 is 2.55 bits per heavy atom. The first-order valence-corrected chi connectivity index (χ1v) is 4.35. The van der Waals surface area contributed by atoms with Gasteiger partial charge in [0, 0.05) is 5.92 Å². The topological polar surface area (TPSA) is 18.5 Å². The Morgan fingerprint density at radius 2 is 1.91 bits per heavy atom. The van der Waals surface area contributed by atoms with E-state index in [4.69, 9.17) is 9.47 Å². The monoisotopic (exact) mass is 154 g/mol. The van der Waals surface area contributed by atoms with Crippen molar-refractivity contribution < 1.29 is 9.47 Å². The van der Waals surface area contributed by atoms with E-state index >= 15 is 0 Å². The normalized spacial score (nSPS) is 32.9. The highest BCUT2D eigenvalue weighted by atomic mass is 16.7. The van der Waals surface area contributed by atoms with E-state index in [-0.39, 0.29) is 6.29 Å². The standard InChI is InChI=1S/C9H14O2/c1-2-4-8(5-3-1)9-10-6-7-11-9/h1-2,8-9H,3-7H2/t8-/m0/s1. The van der Waals surface area contributed by atoms with Crippen molar-refractivity contribution in [3.8, 4) is 0 Å². The van der Waals surface area contributed by atoms with Gasteiger partial charge in [0.2, 0.25) is 0 Å². The Balaban J connectivity index is 1.88. The van der Waals surface area contributed by atoms with Gasteiger partial charge in [0.15, 0.2) is 6.29 Å². The molecule has 1 heterocycles. The van der Waals surface area contributed by atoms with Crippen molar-refractivity contribution in [2.24, 2.45) is 5.92 Å². The van der Waals surface area contributed by atoms with Gasteiger partial charge in [-0.15, -0.1) is 0 Å². The molecule has 1 aliphatic heterocycles. The van der Waals surface area contributed by atoms with Crippen LogP contribution < -0.4 is 0 Å². The van der Waals surface area contributed by atoms with Crippen LogP contribution in [0.5, 0.6) is 0 Å². The minimum atomic E-state index is 0.0972. The lowest BCUT2D eigenvalue weighted by Crippen LogP contribution is -2.22. The molecule has 0 radical (unpaired) electrons. The van der Waals surface area contributed by atoms with E-state index < -0.39 is 0 Å². The van der Waals surface area contributed by atoms with Crippen molar-refractivity contribution in [3.63, 3.8) is 0 Å². The van der Waals surface area contributed by atoms with Gasteiger partial charge in [0.05, 0.1) is 13.2 Å². The highest BCUT2D eigenvalue weighted by Crippen LogP contribution is 2.26. The van der Waals surface area contributed by atoms with Crippen LogP contribution in [0.3, 0.4) is 0 Å². The molecule has 1 saturated heterocycles. The molecule has 1 aliphatic carbocycles. The van der Waals surface area contributed by atoms with Gasteiger partial charge in [-0.2, -0.15) is 0 Å². The van der Waals surface area contributed by atoms with E-state index in [2.05, 4.69) is 12.2 Å². The predicted octanol–water partition coefficient (Wildman–Crippen LogP) is 1.72. The summed E-state index contributed by atoms with van der Waals surface area (Å²) in [6.45, 7) is 1.57. The van der Waals surface area contributed by atoms with Crippen LogP contribution in [-0.4, -0.2) is 19.5 Å². The second kappa shape index (κ2) is 3.37. The van der Waals surface area contributed by atoms with Gasteiger partial charge in [-0.05, 0) is 19.3 Å². The molecule has 0 unspecified atom stereocenters. The Hall–Kier alpha value is -0.340. The lowest BCUT2D eigenvalue weighted by Gasteiger charge is -2.22. The number of ether oxygens (including phenoxy) is 2. The van der Waals surface area contributed by atoms with Crippen LogP contribution >= 0.6 is 0 Å². The molecule has 0 aromatic carbocycles. The molecule has 11 heavy (non-hydrogen) atoms. The molecule has 2 heteroatoms. The predicted molar refractivity (Wildman–Crippen MR) is 42.2 cm³/mol. The second-order valence-corrected chi connectivity index (χ2v) is 3.15. The van der Waals surface area contributed by atoms with E-state index in [1.165, 1.54) is 12.8 Å². The lowest BCUT2D eigenvalue weighted by molar-refractivity contribution is -0.0852. The third-order valence-electron chi connectivity index (χ3n) is 2.34. The molecule has 0 aromatic heterocycles. The van der Waals surface area contributed by atoms with Crippen LogP contribution in [0.2, 0.25) is 0 Å². The van der Waals surface area contributed by atoms with Gasteiger partial charge in [-0.25, -0.2) is 0 Å². The van der Waals surface area contributed by atoms with Crippen molar-refractivity contribution >= 4 is 0 Å². The molecule has 62 valence electrons. The van der Waals surface area contributed by atoms with Gasteiger partial charge >= 0.3 is 0 Å². The maximum Gasteiger partial charge on any atom is 0.160 e. The second-order valence-electron chi connectivity index (χ2n) is 3.15. The van der Waals surface area contributed by atoms with Crippen LogP contribution in [0.25, 0.3) is 0 Å². The number of rotatable bonds is 1. The molecule has 1 fully saturated rings. The zero-order valence-corrected chi connectivity index (χ0v) is 6.66. The zero-order valence-electron chi connectivity index (χ0n) is 6.66. The van der Waals surface area contributed by atoms with Crippen molar-refractivity contribution in [2.45, 2.75) is 25.6 Å². The summed E-state index contributed by atoms with van der Waals surface area (Å²) in [5.74, 6) is 0.613. The summed E-state index contributed by atoms with van der Waals surface area (Å²) in [5.41, 5.74) is 0. The molecule has 2 nitrogen and oxygen atoms in total. The summed E-state index contributed by atoms with van der Waals surface area (Å²) >= 11 is 0. The van der Waals surface area contributed by atoms with Crippen molar-refractivity contribution in [1.82, 2.24) is 0 Å². The van der Waals surface area contributed by atoms with Crippen LogP contribution in [0.15, 0.2) is 12.2 Å². The Kier molecular flexibility index (Phi) is 2.24. The molecule has 2 rings (SSSR count). The maximum absolute atomic E-state index is 5.44. The molecule has 1 atom stereocenters. The number of hydrogen-bond acceptors (Lipinski definition) is 2. The highest BCUT2D eigenvalue weighted by molar-refractivity contribution is 4.91. The largest absolute Gasteiger partial charge is 0.350 e. The van der Waals surface area contributed by atoms with E-state index in [9.17, 15) is 0 Å². The summed E-state index contributed by atoms with van der Waals surface area (Å²) in [7, 11) is 0. The molecule has 0 spiro atoms. The molecule has 0 amide bonds. The molecule has 0 saturated carbocycles. The molecular formula is C9H14O2. The Bertz CT molecular complexity index is 148. The summed E-state index contributed by atoms with van der Waals surface area (Å²) in [6, 6.07) is 0. The quantitative estimate of drug-likeness (QED) is 0.535. The van der Waals surface area contributed by atoms with Crippen molar-refractivity contribution in [2.75, 3.05) is 13.2 Å². The van der Waals surface area contributed by atoms with E-state index in [0.717, 1.165) is 19.6 Å². The molecule has 0 aromatic rings. The Morgan fingerprint density at radius 1 is 1.09 bits per heavy atom. The summed E-state index contributed by atoms with van der Waals surface area (Å²) in [4.78, 5) is 0. The fraction of sp³-hybridized carbons (Fsp3) is 0.778. The summed E-state index contributed by atoms with van der Waals surface area (Å²) in [5, 5.41) is 0. The lowest BCUT2D eigenvalue weighted by atomic mass is 9.94. The summed E-state index contributed by atoms with van der Waals surface area (Å²) in [6.07, 6.45) is 8.12. The van der Waals surface area contributed by atoms with Crippen LogP contribution in [0.1, 0.15) is 19.3 Å². The van der Waals surface area contributed by atoms with Gasteiger partial charge in [0.1, 0.15) is 0 Å². The minimum Gasteiger partial charge on any atom is -0.350 e. The fourth-order valence-corrected chi connectivity index (χ4v) is 1.71. The van der Waals surface area contributed by atoms with Crippen molar-refractivity contribution in [1.29, 1.82) is 0 Å². The number of allylic oxidation sites excluding steroid dienone is 2. The number of hydrogen-bond donors (Lipinski definition) is 0. The van der Waals surface area contributed by atoms with Crippen LogP contribution in [0.4, 0.5) is 0 Å². The van der Waals surface area contributed by atoms with Crippen LogP contribution in [0, 0.1) is 5.92 Å². The SMILES string of the molecule is C1=CC[C@H](C2OCCO2)CC1. The third-order valence-corrected chi connectivity index (χ3v) is 2.34. The minimum absolute atomic E-state index is 0.0972. The zero-order chi connectivity index (χ0) is 7.52. The molecule has 0 N–H and O–H groups in total. The first-order chi connectivity index (χ1) is 5.47. The van der Waals surface area contributed by atoms with Gasteiger partial charge in [0.25, 0.3) is 0 Å². The highest BCUT2D eigenvalue weighted by Gasteiger charge is 2.26. The Labute approximate surface area is 67.2 Å². The van der Waals surface area contributed by atoms with Gasteiger partial charge in [-0.1, -0.05) is 12.2 Å². The van der Waals surface area contributed by atoms with E-state index in [1.54, 1.807) is 0 Å². The van der Waals surface area contributed by atoms with Gasteiger partial charge in [-0.3, -0.25) is 0 Å². The average Bonchev–Trinajstić information content (AvgIpc) is 2.58. The molecule has 2 aliphatic rings. The first-order valence-electron chi connectivity index (χ1n) is 4.35. The first kappa shape index (κ1) is 7.32. The fourth-order valence-electron chi connectivity index (χ4n) is 1.71. The average molecular weight is 154 g/mol. The molecular weight excluding hydrogens is 140 g/mol. The maximum atomic E-state index is 5.44. The summed E-state index contributed by atoms with van der Waals surface area (Å²) < 4.78 is 10.9. The molecule has 0 bridgehead atoms. The third kappa shape index (κ3) is 1.63. The van der Waals surface area contributed by atoms with E-state index in [0.29, 0.717) is 5.92 Å². The van der Waals surface area contributed by atoms with Crippen LogP contribution in [-0.2, 0) is 9.47 Å². The van der Waals surface area contributed by atoms with Crippen molar-refractivity contribution in [3.05, 3.63) is 12.2 Å². The smallest absolute Gasteiger partial charge is 0.160 e.